The Balaban J connectivity index is 2.14. The van der Waals surface area contributed by atoms with E-state index < -0.39 is 0 Å². The summed E-state index contributed by atoms with van der Waals surface area (Å²) in [5.74, 6) is 0.150. The van der Waals surface area contributed by atoms with Crippen LogP contribution in [0.4, 0.5) is 4.39 Å². The van der Waals surface area contributed by atoms with Crippen molar-refractivity contribution in [3.63, 3.8) is 0 Å². The van der Waals surface area contributed by atoms with E-state index in [1.807, 2.05) is 23.0 Å². The van der Waals surface area contributed by atoms with Gasteiger partial charge in [0, 0.05) is 24.3 Å². The van der Waals surface area contributed by atoms with Gasteiger partial charge in [0.1, 0.15) is 5.82 Å². The Kier molecular flexibility index (Phi) is 5.01. The summed E-state index contributed by atoms with van der Waals surface area (Å²) in [6, 6.07) is 5.90. The molecule has 0 unspecified atom stereocenters. The highest BCUT2D eigenvalue weighted by Gasteiger charge is 2.28. The highest BCUT2D eigenvalue weighted by atomic mass is 19.1. The Bertz CT molecular complexity index is 737. The molecule has 0 atom stereocenters. The molecule has 2 heterocycles. The second-order valence-corrected chi connectivity index (χ2v) is 8.34. The van der Waals surface area contributed by atoms with Crippen LogP contribution in [0.5, 0.6) is 0 Å². The number of benzene rings is 1. The van der Waals surface area contributed by atoms with Crippen LogP contribution in [0, 0.1) is 5.82 Å². The number of aromatic nitrogens is 2. The molecule has 25 heavy (non-hydrogen) atoms. The normalized spacial score (nSPS) is 16.6. The van der Waals surface area contributed by atoms with Crippen LogP contribution in [-0.4, -0.2) is 23.0 Å². The van der Waals surface area contributed by atoms with E-state index in [4.69, 9.17) is 4.74 Å². The monoisotopic (exact) mass is 344 g/mol. The lowest BCUT2D eigenvalue weighted by Crippen LogP contribution is -2.22. The molecular formula is C21H29FN2O. The van der Waals surface area contributed by atoms with Crippen molar-refractivity contribution in [3.8, 4) is 11.3 Å². The van der Waals surface area contributed by atoms with Gasteiger partial charge < -0.3 is 4.74 Å². The topological polar surface area (TPSA) is 27.1 Å². The van der Waals surface area contributed by atoms with Gasteiger partial charge in [-0.25, -0.2) is 4.39 Å². The molecule has 1 aromatic carbocycles. The summed E-state index contributed by atoms with van der Waals surface area (Å²) in [7, 11) is 0. The van der Waals surface area contributed by atoms with Gasteiger partial charge in [-0.1, -0.05) is 40.7 Å². The molecule has 0 bridgehead atoms. The molecule has 1 fully saturated rings. The smallest absolute Gasteiger partial charge is 0.132 e. The third-order valence-corrected chi connectivity index (χ3v) is 5.06. The fraction of sp³-hybridized carbons (Fsp3) is 0.571. The Hall–Kier alpha value is -1.68. The quantitative estimate of drug-likeness (QED) is 0.739. The van der Waals surface area contributed by atoms with Crippen molar-refractivity contribution in [2.24, 2.45) is 0 Å². The van der Waals surface area contributed by atoms with Crippen LogP contribution in [0.1, 0.15) is 70.5 Å². The van der Waals surface area contributed by atoms with E-state index in [9.17, 15) is 0 Å². The molecule has 3 nitrogen and oxygen atoms in total. The van der Waals surface area contributed by atoms with Gasteiger partial charge >= 0.3 is 0 Å². The standard InChI is InChI=1S/C21H29FN2O/c1-14(2)15-6-7-17(19(22)12-15)20-18(21(3,4)5)13-23-24(20)16-8-10-25-11-9-16/h6-7,12-14,16H,8-11H2,1-5H3. The largest absolute Gasteiger partial charge is 0.381 e. The molecule has 0 radical (unpaired) electrons. The average Bonchev–Trinajstić information content (AvgIpc) is 3.00. The highest BCUT2D eigenvalue weighted by Crippen LogP contribution is 2.38. The van der Waals surface area contributed by atoms with Crippen LogP contribution in [0.25, 0.3) is 11.3 Å². The van der Waals surface area contributed by atoms with Crippen molar-refractivity contribution in [1.29, 1.82) is 0 Å². The molecular weight excluding hydrogens is 315 g/mol. The number of hydrogen-bond acceptors (Lipinski definition) is 2. The van der Waals surface area contributed by atoms with E-state index in [2.05, 4.69) is 39.7 Å². The number of hydrogen-bond donors (Lipinski definition) is 0. The summed E-state index contributed by atoms with van der Waals surface area (Å²) < 4.78 is 22.6. The summed E-state index contributed by atoms with van der Waals surface area (Å²) >= 11 is 0. The van der Waals surface area contributed by atoms with E-state index in [1.165, 1.54) is 0 Å². The SMILES string of the molecule is CC(C)c1ccc(-c2c(C(C)(C)C)cnn2C2CCOCC2)c(F)c1. The van der Waals surface area contributed by atoms with E-state index in [-0.39, 0.29) is 17.3 Å². The van der Waals surface area contributed by atoms with Crippen molar-refractivity contribution < 1.29 is 9.13 Å². The van der Waals surface area contributed by atoms with Gasteiger partial charge in [-0.15, -0.1) is 0 Å². The van der Waals surface area contributed by atoms with Crippen LogP contribution in [-0.2, 0) is 10.2 Å². The van der Waals surface area contributed by atoms with Crippen LogP contribution in [0.2, 0.25) is 0 Å². The summed E-state index contributed by atoms with van der Waals surface area (Å²) in [5.41, 5.74) is 3.60. The lowest BCUT2D eigenvalue weighted by Gasteiger charge is -2.26. The van der Waals surface area contributed by atoms with Gasteiger partial charge in [-0.05, 0) is 41.9 Å². The van der Waals surface area contributed by atoms with Gasteiger partial charge in [0.15, 0.2) is 0 Å². The van der Waals surface area contributed by atoms with Crippen molar-refractivity contribution in [2.45, 2.75) is 64.8 Å². The lowest BCUT2D eigenvalue weighted by atomic mass is 9.85. The maximum absolute atomic E-state index is 15.0. The van der Waals surface area contributed by atoms with Crippen LogP contribution in [0.3, 0.4) is 0 Å². The summed E-state index contributed by atoms with van der Waals surface area (Å²) in [5, 5.41) is 4.68. The summed E-state index contributed by atoms with van der Waals surface area (Å²) in [6.07, 6.45) is 3.76. The molecule has 0 N–H and O–H groups in total. The van der Waals surface area contributed by atoms with Gasteiger partial charge in [0.2, 0.25) is 0 Å². The summed E-state index contributed by atoms with van der Waals surface area (Å²) in [6.45, 7) is 12.1. The van der Waals surface area contributed by atoms with Gasteiger partial charge in [0.25, 0.3) is 0 Å². The maximum Gasteiger partial charge on any atom is 0.132 e. The van der Waals surface area contributed by atoms with Gasteiger partial charge in [-0.3, -0.25) is 4.68 Å². The minimum absolute atomic E-state index is 0.0953. The van der Waals surface area contributed by atoms with Crippen LogP contribution >= 0.6 is 0 Å². The Labute approximate surface area is 150 Å². The first-order chi connectivity index (χ1) is 11.8. The molecule has 1 aliphatic rings. The van der Waals surface area contributed by atoms with E-state index in [1.54, 1.807) is 6.07 Å². The Morgan fingerprint density at radius 2 is 1.88 bits per heavy atom. The molecule has 2 aromatic rings. The first kappa shape index (κ1) is 18.1. The molecule has 1 saturated heterocycles. The maximum atomic E-state index is 15.0. The minimum Gasteiger partial charge on any atom is -0.381 e. The molecule has 0 spiro atoms. The number of rotatable bonds is 3. The zero-order valence-electron chi connectivity index (χ0n) is 16.0. The first-order valence-corrected chi connectivity index (χ1v) is 9.24. The van der Waals surface area contributed by atoms with Crippen molar-refractivity contribution in [2.75, 3.05) is 13.2 Å². The third-order valence-electron chi connectivity index (χ3n) is 5.06. The fourth-order valence-electron chi connectivity index (χ4n) is 3.47. The van der Waals surface area contributed by atoms with Crippen molar-refractivity contribution >= 4 is 0 Å². The Morgan fingerprint density at radius 3 is 2.44 bits per heavy atom. The van der Waals surface area contributed by atoms with E-state index >= 15 is 4.39 Å². The third kappa shape index (κ3) is 3.64. The van der Waals surface area contributed by atoms with Crippen molar-refractivity contribution in [3.05, 3.63) is 41.3 Å². The zero-order chi connectivity index (χ0) is 18.2. The zero-order valence-corrected chi connectivity index (χ0v) is 16.0. The molecule has 4 heteroatoms. The molecule has 0 aliphatic carbocycles. The molecule has 136 valence electrons. The molecule has 3 rings (SSSR count). The molecule has 0 amide bonds. The predicted octanol–water partition coefficient (Wildman–Crippen LogP) is 5.46. The van der Waals surface area contributed by atoms with Crippen LogP contribution in [0.15, 0.2) is 24.4 Å². The van der Waals surface area contributed by atoms with Gasteiger partial charge in [0.05, 0.1) is 17.9 Å². The number of ether oxygens (including phenoxy) is 1. The molecule has 0 saturated carbocycles. The fourth-order valence-corrected chi connectivity index (χ4v) is 3.47. The first-order valence-electron chi connectivity index (χ1n) is 9.24. The molecule has 1 aliphatic heterocycles. The predicted molar refractivity (Wildman–Crippen MR) is 99.5 cm³/mol. The van der Waals surface area contributed by atoms with E-state index in [0.29, 0.717) is 11.5 Å². The number of halogens is 1. The highest BCUT2D eigenvalue weighted by molar-refractivity contribution is 5.66. The van der Waals surface area contributed by atoms with Crippen molar-refractivity contribution in [1.82, 2.24) is 9.78 Å². The Morgan fingerprint density at radius 1 is 1.20 bits per heavy atom. The van der Waals surface area contributed by atoms with Gasteiger partial charge in [-0.2, -0.15) is 5.10 Å². The van der Waals surface area contributed by atoms with Crippen LogP contribution < -0.4 is 0 Å². The molecule has 1 aromatic heterocycles. The second kappa shape index (κ2) is 6.91. The second-order valence-electron chi connectivity index (χ2n) is 8.34. The summed E-state index contributed by atoms with van der Waals surface area (Å²) in [4.78, 5) is 0. The number of nitrogens with zero attached hydrogens (tertiary/aromatic N) is 2. The van der Waals surface area contributed by atoms with E-state index in [0.717, 1.165) is 42.9 Å². The lowest BCUT2D eigenvalue weighted by molar-refractivity contribution is 0.0667. The minimum atomic E-state index is -0.162. The average molecular weight is 344 g/mol.